The monoisotopic (exact) mass is 291 g/mol. The molecule has 0 saturated carbocycles. The maximum Gasteiger partial charge on any atom is 0.265 e. The quantitative estimate of drug-likeness (QED) is 0.925. The molecule has 0 radical (unpaired) electrons. The zero-order chi connectivity index (χ0) is 15.6. The van der Waals surface area contributed by atoms with E-state index in [9.17, 15) is 4.79 Å². The summed E-state index contributed by atoms with van der Waals surface area (Å²) in [5.74, 6) is 0.843. The van der Waals surface area contributed by atoms with E-state index in [2.05, 4.69) is 20.6 Å². The number of amides is 1. The predicted molar refractivity (Wildman–Crippen MR) is 77.5 cm³/mol. The Bertz CT molecular complexity index is 636. The van der Waals surface area contributed by atoms with Crippen LogP contribution >= 0.6 is 0 Å². The number of nitrogens with one attached hydrogen (secondary N) is 1. The maximum atomic E-state index is 11.8. The van der Waals surface area contributed by atoms with E-state index in [0.717, 1.165) is 11.4 Å². The van der Waals surface area contributed by atoms with Gasteiger partial charge in [0, 0.05) is 25.4 Å². The van der Waals surface area contributed by atoms with E-state index in [1.165, 1.54) is 0 Å². The van der Waals surface area contributed by atoms with Gasteiger partial charge in [0.2, 0.25) is 11.8 Å². The molecule has 0 bridgehead atoms. The lowest BCUT2D eigenvalue weighted by molar-refractivity contribution is -0.122. The summed E-state index contributed by atoms with van der Waals surface area (Å²) in [7, 11) is 1.82. The van der Waals surface area contributed by atoms with Gasteiger partial charge in [0.1, 0.15) is 5.69 Å². The molecule has 0 atom stereocenters. The van der Waals surface area contributed by atoms with Gasteiger partial charge in [-0.2, -0.15) is 5.10 Å². The van der Waals surface area contributed by atoms with Gasteiger partial charge < -0.3 is 9.73 Å². The molecular formula is C14H21N5O2. The minimum atomic E-state index is -0.233. The predicted octanol–water partition coefficient (Wildman–Crippen LogP) is 1.63. The number of hydrogen-bond donors (Lipinski definition) is 1. The van der Waals surface area contributed by atoms with E-state index < -0.39 is 0 Å². The first kappa shape index (κ1) is 15.2. The first-order chi connectivity index (χ1) is 9.74. The molecule has 0 saturated heterocycles. The third-order valence-corrected chi connectivity index (χ3v) is 2.77. The highest BCUT2D eigenvalue weighted by Gasteiger charge is 2.16. The first-order valence-electron chi connectivity index (χ1n) is 6.89. The highest BCUT2D eigenvalue weighted by Crippen LogP contribution is 2.18. The average Bonchev–Trinajstić information content (AvgIpc) is 2.91. The van der Waals surface area contributed by atoms with Crippen LogP contribution in [0.5, 0.6) is 0 Å². The highest BCUT2D eigenvalue weighted by molar-refractivity contribution is 5.76. The van der Waals surface area contributed by atoms with Crippen molar-refractivity contribution in [1.29, 1.82) is 0 Å². The molecule has 2 aromatic heterocycles. The molecule has 0 spiro atoms. The van der Waals surface area contributed by atoms with Gasteiger partial charge in [-0.05, 0) is 33.8 Å². The zero-order valence-electron chi connectivity index (χ0n) is 13.1. The lowest BCUT2D eigenvalue weighted by Crippen LogP contribution is -2.40. The number of hydrogen-bond acceptors (Lipinski definition) is 5. The molecule has 2 aromatic rings. The van der Waals surface area contributed by atoms with Crippen LogP contribution in [-0.2, 0) is 18.3 Å². The Morgan fingerprint density at radius 1 is 1.38 bits per heavy atom. The summed E-state index contributed by atoms with van der Waals surface area (Å²) in [6, 6.07) is 1.88. The van der Waals surface area contributed by atoms with Crippen LogP contribution in [0.3, 0.4) is 0 Å². The molecule has 0 aliphatic carbocycles. The molecule has 21 heavy (non-hydrogen) atoms. The summed E-state index contributed by atoms with van der Waals surface area (Å²) in [5.41, 5.74) is 1.42. The number of nitrogens with zero attached hydrogens (tertiary/aromatic N) is 4. The van der Waals surface area contributed by atoms with Gasteiger partial charge in [0.25, 0.3) is 5.89 Å². The van der Waals surface area contributed by atoms with Gasteiger partial charge in [0.05, 0.1) is 5.69 Å². The summed E-state index contributed by atoms with van der Waals surface area (Å²) in [4.78, 5) is 11.8. The van der Waals surface area contributed by atoms with E-state index >= 15 is 0 Å². The van der Waals surface area contributed by atoms with Crippen molar-refractivity contribution in [2.24, 2.45) is 7.05 Å². The molecule has 2 heterocycles. The summed E-state index contributed by atoms with van der Waals surface area (Å²) in [5, 5.41) is 15.1. The summed E-state index contributed by atoms with van der Waals surface area (Å²) in [6.45, 7) is 7.74. The maximum absolute atomic E-state index is 11.8. The summed E-state index contributed by atoms with van der Waals surface area (Å²) in [6.07, 6.45) is 0.745. The van der Waals surface area contributed by atoms with E-state index in [4.69, 9.17) is 4.42 Å². The standard InChI is InChI=1S/C14H21N5O2/c1-9-8-10(19(5)18-9)13-17-16-12(21-13)7-6-11(20)15-14(2,3)4/h8H,6-7H2,1-5H3,(H,15,20). The van der Waals surface area contributed by atoms with Gasteiger partial charge in [-0.3, -0.25) is 9.48 Å². The molecule has 1 N–H and O–H groups in total. The van der Waals surface area contributed by atoms with Crippen molar-refractivity contribution in [3.8, 4) is 11.6 Å². The molecule has 0 aliphatic heterocycles. The third-order valence-electron chi connectivity index (χ3n) is 2.77. The Labute approximate surface area is 123 Å². The molecule has 7 heteroatoms. The largest absolute Gasteiger partial charge is 0.419 e. The van der Waals surface area contributed by atoms with E-state index in [-0.39, 0.29) is 11.4 Å². The average molecular weight is 291 g/mol. The SMILES string of the molecule is Cc1cc(-c2nnc(CCC(=O)NC(C)(C)C)o2)n(C)n1. The van der Waals surface area contributed by atoms with Crippen LogP contribution in [0.2, 0.25) is 0 Å². The Balaban J connectivity index is 1.98. The molecular weight excluding hydrogens is 270 g/mol. The van der Waals surface area contributed by atoms with Crippen molar-refractivity contribution in [2.45, 2.75) is 46.1 Å². The van der Waals surface area contributed by atoms with Crippen molar-refractivity contribution < 1.29 is 9.21 Å². The fourth-order valence-corrected chi connectivity index (χ4v) is 1.97. The number of aromatic nitrogens is 4. The van der Waals surface area contributed by atoms with Gasteiger partial charge in [-0.1, -0.05) is 0 Å². The Hall–Kier alpha value is -2.18. The minimum absolute atomic E-state index is 0.0290. The minimum Gasteiger partial charge on any atom is -0.419 e. The van der Waals surface area contributed by atoms with Crippen LogP contribution in [0.4, 0.5) is 0 Å². The number of carbonyl (C=O) groups is 1. The van der Waals surface area contributed by atoms with E-state index in [0.29, 0.717) is 24.6 Å². The second kappa shape index (κ2) is 5.67. The molecule has 114 valence electrons. The zero-order valence-corrected chi connectivity index (χ0v) is 13.1. The van der Waals surface area contributed by atoms with Crippen LogP contribution in [0.25, 0.3) is 11.6 Å². The Kier molecular flexibility index (Phi) is 4.11. The topological polar surface area (TPSA) is 85.8 Å². The Morgan fingerprint density at radius 2 is 2.10 bits per heavy atom. The van der Waals surface area contributed by atoms with E-state index in [1.807, 2.05) is 40.8 Å². The van der Waals surface area contributed by atoms with Crippen molar-refractivity contribution in [3.63, 3.8) is 0 Å². The van der Waals surface area contributed by atoms with Gasteiger partial charge >= 0.3 is 0 Å². The smallest absolute Gasteiger partial charge is 0.265 e. The normalized spacial score (nSPS) is 11.7. The third kappa shape index (κ3) is 4.14. The summed E-state index contributed by atoms with van der Waals surface area (Å²) < 4.78 is 7.27. The van der Waals surface area contributed by atoms with Crippen molar-refractivity contribution >= 4 is 5.91 Å². The fraction of sp³-hybridized carbons (Fsp3) is 0.571. The fourth-order valence-electron chi connectivity index (χ4n) is 1.97. The molecule has 0 fully saturated rings. The second-order valence-electron chi connectivity index (χ2n) is 6.09. The van der Waals surface area contributed by atoms with Gasteiger partial charge in [0.15, 0.2) is 0 Å². The summed E-state index contributed by atoms with van der Waals surface area (Å²) >= 11 is 0. The van der Waals surface area contributed by atoms with Gasteiger partial charge in [-0.15, -0.1) is 10.2 Å². The second-order valence-corrected chi connectivity index (χ2v) is 6.09. The van der Waals surface area contributed by atoms with Crippen LogP contribution in [0.1, 0.15) is 38.8 Å². The molecule has 2 rings (SSSR count). The van der Waals surface area contributed by atoms with Crippen LogP contribution < -0.4 is 5.32 Å². The molecule has 0 aromatic carbocycles. The van der Waals surface area contributed by atoms with Crippen LogP contribution in [0.15, 0.2) is 10.5 Å². The van der Waals surface area contributed by atoms with Gasteiger partial charge in [-0.25, -0.2) is 0 Å². The van der Waals surface area contributed by atoms with E-state index in [1.54, 1.807) is 4.68 Å². The number of rotatable bonds is 4. The van der Waals surface area contributed by atoms with Crippen molar-refractivity contribution in [3.05, 3.63) is 17.7 Å². The Morgan fingerprint density at radius 3 is 2.67 bits per heavy atom. The molecule has 1 amide bonds. The lowest BCUT2D eigenvalue weighted by Gasteiger charge is -2.20. The van der Waals surface area contributed by atoms with Crippen molar-refractivity contribution in [2.75, 3.05) is 0 Å². The molecule has 7 nitrogen and oxygen atoms in total. The molecule has 0 aliphatic rings. The molecule has 0 unspecified atom stereocenters. The van der Waals surface area contributed by atoms with Crippen LogP contribution in [-0.4, -0.2) is 31.4 Å². The number of aryl methyl sites for hydroxylation is 3. The first-order valence-corrected chi connectivity index (χ1v) is 6.89. The van der Waals surface area contributed by atoms with Crippen molar-refractivity contribution in [1.82, 2.24) is 25.3 Å². The van der Waals surface area contributed by atoms with Crippen LogP contribution in [0, 0.1) is 6.92 Å². The number of carbonyl (C=O) groups excluding carboxylic acids is 1. The highest BCUT2D eigenvalue weighted by atomic mass is 16.4. The lowest BCUT2D eigenvalue weighted by atomic mass is 10.1.